The molecule has 288 valence electrons. The average molecular weight is 741 g/mol. The fourth-order valence-corrected chi connectivity index (χ4v) is 7.57. The van der Waals surface area contributed by atoms with Crippen LogP contribution in [-0.2, 0) is 14.3 Å². The van der Waals surface area contributed by atoms with Crippen molar-refractivity contribution in [1.82, 2.24) is 40.4 Å². The maximum absolute atomic E-state index is 13.5. The largest absolute Gasteiger partial charge is 0.453 e. The molecule has 4 heterocycles. The fraction of sp³-hybridized carbons (Fsp3) is 0.475. The lowest BCUT2D eigenvalue weighted by Gasteiger charge is -2.35. The van der Waals surface area contributed by atoms with Crippen LogP contribution in [0.15, 0.2) is 60.9 Å². The van der Waals surface area contributed by atoms with Crippen molar-refractivity contribution in [3.05, 3.63) is 72.6 Å². The highest BCUT2D eigenvalue weighted by Crippen LogP contribution is 2.36. The number of likely N-dealkylation sites (tertiary alicyclic amines) is 2. The van der Waals surface area contributed by atoms with Crippen LogP contribution >= 0.6 is 0 Å². The average Bonchev–Trinajstić information content (AvgIpc) is 4.02. The fourth-order valence-electron chi connectivity index (χ4n) is 7.57. The van der Waals surface area contributed by atoms with Gasteiger partial charge in [0.2, 0.25) is 5.91 Å². The molecule has 5 unspecified atom stereocenters. The van der Waals surface area contributed by atoms with Crippen LogP contribution in [0.4, 0.5) is 9.59 Å². The highest BCUT2D eigenvalue weighted by Gasteiger charge is 2.39. The zero-order chi connectivity index (χ0) is 38.5. The number of methoxy groups -OCH3 is 2. The number of rotatable bonds is 12. The van der Waals surface area contributed by atoms with Crippen molar-refractivity contribution < 1.29 is 29.0 Å². The molecule has 2 aliphatic heterocycles. The first-order valence-corrected chi connectivity index (χ1v) is 18.7. The summed E-state index contributed by atoms with van der Waals surface area (Å²) in [7, 11) is 2.61. The SMILES string of the molecule is COC(=O)NC(C(=O)N1CCCC1c1ncc(-c2ccc(-c3ccc(-c4cnc(C5CCCN5C(O)C(NC(=O)OC)C(C)C)[nH]4)cc3)cc2)[nH]1)C(C)C. The predicted molar refractivity (Wildman–Crippen MR) is 204 cm³/mol. The summed E-state index contributed by atoms with van der Waals surface area (Å²) in [5.74, 6) is 1.27. The number of alkyl carbamates (subject to hydrolysis) is 2. The van der Waals surface area contributed by atoms with Crippen molar-refractivity contribution in [3.8, 4) is 33.6 Å². The third kappa shape index (κ3) is 8.29. The van der Waals surface area contributed by atoms with E-state index in [0.717, 1.165) is 71.0 Å². The van der Waals surface area contributed by atoms with Crippen LogP contribution < -0.4 is 10.6 Å². The van der Waals surface area contributed by atoms with Crippen LogP contribution in [0.5, 0.6) is 0 Å². The maximum Gasteiger partial charge on any atom is 0.407 e. The second kappa shape index (κ2) is 16.9. The molecular formula is C40H52N8O6. The Bertz CT molecular complexity index is 1890. The monoisotopic (exact) mass is 740 g/mol. The number of aliphatic hydroxyl groups excluding tert-OH is 1. The van der Waals surface area contributed by atoms with Gasteiger partial charge in [-0.25, -0.2) is 19.6 Å². The van der Waals surface area contributed by atoms with E-state index in [2.05, 4.69) is 74.1 Å². The molecule has 2 aromatic carbocycles. The Balaban J connectivity index is 1.10. The van der Waals surface area contributed by atoms with Gasteiger partial charge in [0.1, 0.15) is 23.9 Å². The number of ether oxygens (including phenoxy) is 2. The summed E-state index contributed by atoms with van der Waals surface area (Å²) in [5, 5.41) is 16.8. The number of aromatic nitrogens is 4. The molecule has 2 aromatic heterocycles. The highest BCUT2D eigenvalue weighted by atomic mass is 16.5. The molecule has 0 saturated carbocycles. The van der Waals surface area contributed by atoms with Gasteiger partial charge in [-0.05, 0) is 59.8 Å². The van der Waals surface area contributed by atoms with Crippen molar-refractivity contribution >= 4 is 18.1 Å². The summed E-state index contributed by atoms with van der Waals surface area (Å²) in [6, 6.07) is 15.1. The van der Waals surface area contributed by atoms with E-state index in [-0.39, 0.29) is 29.8 Å². The standard InChI is InChI=1S/C40H52N8O6/c1-23(2)33(45-39(51)53-5)37(49)47-19-7-9-31(47)35-41-21-29(43-35)27-15-11-25(12-16-27)26-13-17-28(18-14-26)30-22-42-36(44-30)32-10-8-20-48(32)38(50)34(24(3)4)46-40(52)54-6/h11-18,21-24,31-34,37,49H,7-10,19-20H2,1-6H3,(H,41,43)(H,42,44)(H,45,51)(H,46,52). The Morgan fingerprint density at radius 2 is 1.20 bits per heavy atom. The quantitative estimate of drug-likeness (QED) is 0.116. The van der Waals surface area contributed by atoms with E-state index >= 15 is 0 Å². The van der Waals surface area contributed by atoms with E-state index in [1.54, 1.807) is 6.20 Å². The van der Waals surface area contributed by atoms with Gasteiger partial charge >= 0.3 is 12.2 Å². The van der Waals surface area contributed by atoms with Crippen molar-refractivity contribution in [3.63, 3.8) is 0 Å². The van der Waals surface area contributed by atoms with E-state index in [1.807, 2.05) is 43.7 Å². The van der Waals surface area contributed by atoms with Gasteiger partial charge in [0, 0.05) is 13.1 Å². The third-order valence-corrected chi connectivity index (χ3v) is 10.6. The molecule has 0 radical (unpaired) electrons. The van der Waals surface area contributed by atoms with E-state index < -0.39 is 30.5 Å². The number of nitrogens with one attached hydrogen (secondary N) is 4. The summed E-state index contributed by atoms with van der Waals surface area (Å²) in [6.45, 7) is 9.01. The Morgan fingerprint density at radius 3 is 1.72 bits per heavy atom. The van der Waals surface area contributed by atoms with Crippen molar-refractivity contribution in [1.29, 1.82) is 0 Å². The first kappa shape index (κ1) is 38.5. The number of hydrogen-bond acceptors (Lipinski definition) is 9. The maximum atomic E-state index is 13.5. The van der Waals surface area contributed by atoms with Crippen LogP contribution in [0.25, 0.3) is 33.6 Å². The van der Waals surface area contributed by atoms with Gasteiger partial charge in [-0.3, -0.25) is 9.69 Å². The number of hydrogen-bond donors (Lipinski definition) is 5. The molecule has 0 spiro atoms. The molecule has 0 bridgehead atoms. The number of aromatic amines is 2. The molecule has 6 rings (SSSR count). The summed E-state index contributed by atoms with van der Waals surface area (Å²) < 4.78 is 9.54. The van der Waals surface area contributed by atoms with Crippen molar-refractivity contribution in [2.45, 2.75) is 83.8 Å². The molecule has 14 nitrogen and oxygen atoms in total. The van der Waals surface area contributed by atoms with Gasteiger partial charge in [-0.15, -0.1) is 0 Å². The summed E-state index contributed by atoms with van der Waals surface area (Å²) in [4.78, 5) is 57.5. The van der Waals surface area contributed by atoms with Crippen molar-refractivity contribution in [2.24, 2.45) is 11.8 Å². The topological polar surface area (TPSA) is 178 Å². The minimum Gasteiger partial charge on any atom is -0.453 e. The second-order valence-electron chi connectivity index (χ2n) is 14.8. The van der Waals surface area contributed by atoms with Crippen LogP contribution in [0.2, 0.25) is 0 Å². The van der Waals surface area contributed by atoms with E-state index in [0.29, 0.717) is 13.1 Å². The molecule has 5 atom stereocenters. The molecule has 2 fully saturated rings. The van der Waals surface area contributed by atoms with E-state index in [9.17, 15) is 19.5 Å². The molecule has 4 aromatic rings. The van der Waals surface area contributed by atoms with Gasteiger partial charge in [0.05, 0.1) is 56.1 Å². The molecule has 3 amide bonds. The number of benzene rings is 2. The normalized spacial score (nSPS) is 19.2. The number of carbonyl (C=O) groups is 3. The van der Waals surface area contributed by atoms with Gasteiger partial charge in [-0.1, -0.05) is 76.2 Å². The zero-order valence-electron chi connectivity index (χ0n) is 31.8. The minimum absolute atomic E-state index is 0.00459. The molecule has 0 aliphatic carbocycles. The minimum atomic E-state index is -0.889. The number of carbonyl (C=O) groups excluding carboxylic acids is 3. The lowest BCUT2D eigenvalue weighted by molar-refractivity contribution is -0.135. The first-order valence-electron chi connectivity index (χ1n) is 18.7. The van der Waals surface area contributed by atoms with Crippen LogP contribution in [-0.4, -0.2) is 98.6 Å². The molecule has 14 heteroatoms. The van der Waals surface area contributed by atoms with Gasteiger partial charge in [0.25, 0.3) is 0 Å². The Morgan fingerprint density at radius 1 is 0.722 bits per heavy atom. The van der Waals surface area contributed by atoms with Gasteiger partial charge in [-0.2, -0.15) is 0 Å². The molecule has 54 heavy (non-hydrogen) atoms. The van der Waals surface area contributed by atoms with Crippen LogP contribution in [0.3, 0.4) is 0 Å². The summed E-state index contributed by atoms with van der Waals surface area (Å²) in [5.41, 5.74) is 5.86. The second-order valence-corrected chi connectivity index (χ2v) is 14.8. The smallest absolute Gasteiger partial charge is 0.407 e. The molecule has 5 N–H and O–H groups in total. The Hall–Kier alpha value is -5.21. The first-order chi connectivity index (χ1) is 26.0. The number of imidazole rings is 2. The molecule has 2 saturated heterocycles. The van der Waals surface area contributed by atoms with Crippen molar-refractivity contribution in [2.75, 3.05) is 27.3 Å². The van der Waals surface area contributed by atoms with Gasteiger partial charge in [0.15, 0.2) is 0 Å². The summed E-state index contributed by atoms with van der Waals surface area (Å²) >= 11 is 0. The number of H-pyrrole nitrogens is 2. The van der Waals surface area contributed by atoms with Crippen LogP contribution in [0, 0.1) is 11.8 Å². The zero-order valence-corrected chi connectivity index (χ0v) is 31.8. The van der Waals surface area contributed by atoms with Gasteiger partial charge < -0.3 is 40.1 Å². The summed E-state index contributed by atoms with van der Waals surface area (Å²) in [6.07, 6.45) is 4.95. The van der Waals surface area contributed by atoms with E-state index in [4.69, 9.17) is 14.5 Å². The molecular weight excluding hydrogens is 688 g/mol. The third-order valence-electron chi connectivity index (χ3n) is 10.6. The Kier molecular flexibility index (Phi) is 12.0. The molecule has 2 aliphatic rings. The highest BCUT2D eigenvalue weighted by molar-refractivity contribution is 5.86. The number of nitrogens with zero attached hydrogens (tertiary/aromatic N) is 4. The van der Waals surface area contributed by atoms with E-state index in [1.165, 1.54) is 14.2 Å². The Labute approximate surface area is 316 Å². The lowest BCUT2D eigenvalue weighted by Crippen LogP contribution is -2.54. The number of amides is 3. The number of aliphatic hydroxyl groups is 1. The van der Waals surface area contributed by atoms with Crippen LogP contribution in [0.1, 0.15) is 77.1 Å². The lowest BCUT2D eigenvalue weighted by atomic mass is 10.0. The predicted octanol–water partition coefficient (Wildman–Crippen LogP) is 6.01.